The van der Waals surface area contributed by atoms with Crippen LogP contribution in [-0.4, -0.2) is 37.2 Å². The van der Waals surface area contributed by atoms with Crippen LogP contribution in [0.3, 0.4) is 0 Å². The molecule has 0 aliphatic rings. The average molecular weight is 309 g/mol. The minimum absolute atomic E-state index is 0.191. The molecule has 6 nitrogen and oxygen atoms in total. The molecule has 0 aromatic heterocycles. The summed E-state index contributed by atoms with van der Waals surface area (Å²) in [6, 6.07) is 0. The summed E-state index contributed by atoms with van der Waals surface area (Å²) in [5, 5.41) is 0. The van der Waals surface area contributed by atoms with Crippen molar-refractivity contribution in [3.63, 3.8) is 0 Å². The maximum Gasteiger partial charge on any atom is 0.303 e. The van der Waals surface area contributed by atoms with Gasteiger partial charge in [0, 0.05) is 13.8 Å². The van der Waals surface area contributed by atoms with E-state index in [1.807, 2.05) is 0 Å². The zero-order chi connectivity index (χ0) is 13.3. The molecule has 0 saturated heterocycles. The Morgan fingerprint density at radius 1 is 1.29 bits per heavy atom. The molecule has 0 fully saturated rings. The first-order chi connectivity index (χ1) is 8.01. The Balaban J connectivity index is 4.61. The summed E-state index contributed by atoms with van der Waals surface area (Å²) in [6.45, 7) is 2.45. The largest absolute Gasteiger partial charge is 0.462 e. The van der Waals surface area contributed by atoms with Crippen LogP contribution in [-0.2, 0) is 28.6 Å². The third-order valence-corrected chi connectivity index (χ3v) is 1.92. The number of esters is 2. The lowest BCUT2D eigenvalue weighted by Crippen LogP contribution is -2.35. The van der Waals surface area contributed by atoms with Crippen LogP contribution in [0.2, 0.25) is 0 Å². The molecule has 0 radical (unpaired) electrons. The lowest BCUT2D eigenvalue weighted by molar-refractivity contribution is -0.163. The molecule has 0 N–H and O–H groups in total. The highest BCUT2D eigenvalue weighted by Crippen LogP contribution is 2.08. The van der Waals surface area contributed by atoms with Gasteiger partial charge in [0.1, 0.15) is 6.61 Å². The molecule has 2 atom stereocenters. The van der Waals surface area contributed by atoms with Crippen LogP contribution >= 0.6 is 15.9 Å². The van der Waals surface area contributed by atoms with Crippen molar-refractivity contribution >= 4 is 34.3 Å². The first-order valence-corrected chi connectivity index (χ1v) is 5.59. The van der Waals surface area contributed by atoms with E-state index in [1.54, 1.807) is 0 Å². The van der Waals surface area contributed by atoms with E-state index in [9.17, 15) is 14.4 Å². The Bertz CT molecular complexity index is 301. The second kappa shape index (κ2) is 8.74. The fraction of sp³-hybridized carbons (Fsp3) is 0.500. The highest BCUT2D eigenvalue weighted by molar-refractivity contribution is 9.11. The van der Waals surface area contributed by atoms with Crippen molar-refractivity contribution in [1.29, 1.82) is 0 Å². The number of carbonyl (C=O) groups is 3. The van der Waals surface area contributed by atoms with Gasteiger partial charge in [-0.25, -0.2) is 0 Å². The zero-order valence-corrected chi connectivity index (χ0v) is 11.0. The van der Waals surface area contributed by atoms with E-state index in [0.29, 0.717) is 0 Å². The fourth-order valence-electron chi connectivity index (χ4n) is 0.985. The summed E-state index contributed by atoms with van der Waals surface area (Å²) < 4.78 is 14.3. The van der Waals surface area contributed by atoms with Crippen LogP contribution in [0.4, 0.5) is 0 Å². The minimum Gasteiger partial charge on any atom is -0.462 e. The first-order valence-electron chi connectivity index (χ1n) is 4.67. The highest BCUT2D eigenvalue weighted by Gasteiger charge is 2.24. The SMILES string of the molecule is CC(=O)OC[C@@H](OC=O)[C@H](/C=C\Br)OC(C)=O. The highest BCUT2D eigenvalue weighted by atomic mass is 79.9. The number of ether oxygens (including phenoxy) is 3. The maximum atomic E-state index is 10.9. The minimum atomic E-state index is -0.880. The van der Waals surface area contributed by atoms with Crippen molar-refractivity contribution in [1.82, 2.24) is 0 Å². The molecule has 0 aliphatic carbocycles. The topological polar surface area (TPSA) is 78.9 Å². The van der Waals surface area contributed by atoms with Gasteiger partial charge < -0.3 is 14.2 Å². The Hall–Kier alpha value is -1.37. The summed E-state index contributed by atoms with van der Waals surface area (Å²) in [5.41, 5.74) is 0. The Kier molecular flexibility index (Phi) is 8.04. The van der Waals surface area contributed by atoms with Crippen molar-refractivity contribution in [3.05, 3.63) is 11.1 Å². The Morgan fingerprint density at radius 3 is 2.35 bits per heavy atom. The zero-order valence-electron chi connectivity index (χ0n) is 9.42. The Morgan fingerprint density at radius 2 is 1.94 bits per heavy atom. The van der Waals surface area contributed by atoms with Crippen LogP contribution in [0, 0.1) is 0 Å². The van der Waals surface area contributed by atoms with Gasteiger partial charge in [-0.2, -0.15) is 0 Å². The Labute approximate surface area is 107 Å². The number of rotatable bonds is 7. The monoisotopic (exact) mass is 308 g/mol. The van der Waals surface area contributed by atoms with E-state index in [2.05, 4.69) is 15.9 Å². The third-order valence-electron chi connectivity index (χ3n) is 1.61. The van der Waals surface area contributed by atoms with Gasteiger partial charge in [-0.1, -0.05) is 15.9 Å². The van der Waals surface area contributed by atoms with Gasteiger partial charge in [-0.15, -0.1) is 0 Å². The van der Waals surface area contributed by atoms with Gasteiger partial charge in [0.15, 0.2) is 12.2 Å². The first kappa shape index (κ1) is 15.6. The van der Waals surface area contributed by atoms with Gasteiger partial charge in [-0.05, 0) is 11.1 Å². The molecule has 0 aliphatic heterocycles. The van der Waals surface area contributed by atoms with Crippen molar-refractivity contribution in [2.45, 2.75) is 26.1 Å². The molecule has 0 heterocycles. The van der Waals surface area contributed by atoms with Gasteiger partial charge in [-0.3, -0.25) is 14.4 Å². The molecule has 0 amide bonds. The van der Waals surface area contributed by atoms with Crippen LogP contribution in [0.1, 0.15) is 13.8 Å². The lowest BCUT2D eigenvalue weighted by atomic mass is 10.2. The molecule has 0 unspecified atom stereocenters. The van der Waals surface area contributed by atoms with Crippen LogP contribution in [0.15, 0.2) is 11.1 Å². The van der Waals surface area contributed by atoms with Crippen LogP contribution in [0.25, 0.3) is 0 Å². The maximum absolute atomic E-state index is 10.9. The second-order valence-corrected chi connectivity index (χ2v) is 3.49. The summed E-state index contributed by atoms with van der Waals surface area (Å²) in [7, 11) is 0. The molecular formula is C10H13BrO6. The molecule has 96 valence electrons. The molecular weight excluding hydrogens is 296 g/mol. The number of hydrogen-bond donors (Lipinski definition) is 0. The molecule has 0 saturated carbocycles. The molecule has 7 heteroatoms. The van der Waals surface area contributed by atoms with Crippen molar-refractivity contribution in [2.24, 2.45) is 0 Å². The van der Waals surface area contributed by atoms with E-state index in [-0.39, 0.29) is 13.1 Å². The van der Waals surface area contributed by atoms with Gasteiger partial charge in [0.25, 0.3) is 6.47 Å². The molecule has 17 heavy (non-hydrogen) atoms. The van der Waals surface area contributed by atoms with Gasteiger partial charge >= 0.3 is 11.9 Å². The van der Waals surface area contributed by atoms with Crippen molar-refractivity contribution in [3.8, 4) is 0 Å². The van der Waals surface area contributed by atoms with Crippen LogP contribution in [0.5, 0.6) is 0 Å². The smallest absolute Gasteiger partial charge is 0.303 e. The second-order valence-electron chi connectivity index (χ2n) is 2.97. The lowest BCUT2D eigenvalue weighted by Gasteiger charge is -2.22. The molecule has 0 rings (SSSR count). The summed E-state index contributed by atoms with van der Waals surface area (Å²) in [4.78, 5) is 33.3. The summed E-state index contributed by atoms with van der Waals surface area (Å²) in [6.07, 6.45) is -0.246. The molecule has 0 aromatic carbocycles. The van der Waals surface area contributed by atoms with E-state index in [1.165, 1.54) is 24.9 Å². The van der Waals surface area contributed by atoms with Crippen molar-refractivity contribution < 1.29 is 28.6 Å². The predicted molar refractivity (Wildman–Crippen MR) is 61.2 cm³/mol. The number of halogens is 1. The van der Waals surface area contributed by atoms with E-state index >= 15 is 0 Å². The average Bonchev–Trinajstić information content (AvgIpc) is 2.22. The van der Waals surface area contributed by atoms with E-state index in [0.717, 1.165) is 0 Å². The number of hydrogen-bond acceptors (Lipinski definition) is 6. The van der Waals surface area contributed by atoms with E-state index in [4.69, 9.17) is 14.2 Å². The standard InChI is InChI=1S/C10H13BrO6/c1-7(13)15-5-10(16-6-12)9(3-4-11)17-8(2)14/h3-4,6,9-10H,5H2,1-2H3/b4-3-/t9-,10+/m0/s1. The summed E-state index contributed by atoms with van der Waals surface area (Å²) in [5.74, 6) is -1.06. The fourth-order valence-corrected chi connectivity index (χ4v) is 1.29. The third kappa shape index (κ3) is 7.51. The van der Waals surface area contributed by atoms with Gasteiger partial charge in [0.05, 0.1) is 0 Å². The van der Waals surface area contributed by atoms with Crippen molar-refractivity contribution in [2.75, 3.05) is 6.61 Å². The van der Waals surface area contributed by atoms with Crippen LogP contribution < -0.4 is 0 Å². The normalized spacial score (nSPS) is 13.8. The molecule has 0 bridgehead atoms. The number of carbonyl (C=O) groups excluding carboxylic acids is 3. The molecule has 0 spiro atoms. The quantitative estimate of drug-likeness (QED) is 0.395. The van der Waals surface area contributed by atoms with Gasteiger partial charge in [0.2, 0.25) is 0 Å². The summed E-state index contributed by atoms with van der Waals surface area (Å²) >= 11 is 3.02. The molecule has 0 aromatic rings. The van der Waals surface area contributed by atoms with E-state index < -0.39 is 24.1 Å². The predicted octanol–water partition coefficient (Wildman–Crippen LogP) is 0.931.